The molecule has 0 radical (unpaired) electrons. The van der Waals surface area contributed by atoms with Crippen molar-refractivity contribution in [2.45, 2.75) is 18.6 Å². The Morgan fingerprint density at radius 3 is 1.72 bits per heavy atom. The molecule has 0 saturated carbocycles. The molecule has 0 atom stereocenters. The molecule has 0 fully saturated rings. The minimum Gasteiger partial charge on any atom is -0.489 e. The molecular formula is C36H32N2O. The summed E-state index contributed by atoms with van der Waals surface area (Å²) in [6, 6.07) is 48.8. The summed E-state index contributed by atoms with van der Waals surface area (Å²) in [5.74, 6) is 0.882. The maximum absolute atomic E-state index is 6.13. The zero-order chi connectivity index (χ0) is 26.3. The molecule has 2 N–H and O–H groups in total. The summed E-state index contributed by atoms with van der Waals surface area (Å²) in [5, 5.41) is 5.20. The van der Waals surface area contributed by atoms with E-state index in [1.165, 1.54) is 27.6 Å². The lowest BCUT2D eigenvalue weighted by Gasteiger charge is -2.37. The number of H-pyrrole nitrogens is 1. The fourth-order valence-electron chi connectivity index (χ4n) is 5.45. The number of hydrogen-bond donors (Lipinski definition) is 2. The molecule has 6 aromatic rings. The largest absolute Gasteiger partial charge is 0.489 e. The molecule has 39 heavy (non-hydrogen) atoms. The summed E-state index contributed by atoms with van der Waals surface area (Å²) in [6.07, 6.45) is 3.00. The minimum atomic E-state index is -0.472. The molecule has 0 aliphatic heterocycles. The molecule has 0 amide bonds. The maximum Gasteiger partial charge on any atom is 0.120 e. The Bertz CT molecular complexity index is 1510. The first-order valence-electron chi connectivity index (χ1n) is 13.5. The number of fused-ring (bicyclic) bond motifs is 1. The van der Waals surface area contributed by atoms with Crippen LogP contribution in [0.25, 0.3) is 10.9 Å². The first-order valence-corrected chi connectivity index (χ1v) is 13.5. The van der Waals surface area contributed by atoms with Gasteiger partial charge in [0, 0.05) is 23.6 Å². The van der Waals surface area contributed by atoms with Gasteiger partial charge >= 0.3 is 0 Å². The van der Waals surface area contributed by atoms with Crippen LogP contribution in [0.2, 0.25) is 0 Å². The third kappa shape index (κ3) is 5.22. The molecule has 3 heteroatoms. The molecule has 6 rings (SSSR count). The Kier molecular flexibility index (Phi) is 7.24. The van der Waals surface area contributed by atoms with Gasteiger partial charge in [0.2, 0.25) is 0 Å². The van der Waals surface area contributed by atoms with Gasteiger partial charge in [-0.25, -0.2) is 0 Å². The molecule has 192 valence electrons. The van der Waals surface area contributed by atoms with Crippen molar-refractivity contribution in [1.29, 1.82) is 0 Å². The van der Waals surface area contributed by atoms with Crippen molar-refractivity contribution >= 4 is 10.9 Å². The number of benzene rings is 5. The molecule has 1 aromatic heterocycles. The van der Waals surface area contributed by atoms with Crippen molar-refractivity contribution < 1.29 is 4.74 Å². The van der Waals surface area contributed by atoms with Gasteiger partial charge < -0.3 is 9.72 Å². The fraction of sp³-hybridized carbons (Fsp3) is 0.111. The molecule has 3 nitrogen and oxygen atoms in total. The summed E-state index contributed by atoms with van der Waals surface area (Å²) in [4.78, 5) is 3.45. The molecule has 0 unspecified atom stereocenters. The molecule has 1 heterocycles. The van der Waals surface area contributed by atoms with Crippen molar-refractivity contribution in [3.63, 3.8) is 0 Å². The van der Waals surface area contributed by atoms with E-state index in [1.807, 2.05) is 24.3 Å². The van der Waals surface area contributed by atoms with Crippen LogP contribution < -0.4 is 10.1 Å². The van der Waals surface area contributed by atoms with Gasteiger partial charge in [-0.2, -0.15) is 0 Å². The van der Waals surface area contributed by atoms with Crippen molar-refractivity contribution in [3.05, 3.63) is 174 Å². The van der Waals surface area contributed by atoms with Gasteiger partial charge in [-0.3, -0.25) is 5.32 Å². The first kappa shape index (κ1) is 24.7. The summed E-state index contributed by atoms with van der Waals surface area (Å²) in [7, 11) is 0. The van der Waals surface area contributed by atoms with Gasteiger partial charge in [0.15, 0.2) is 0 Å². The van der Waals surface area contributed by atoms with Crippen LogP contribution in [0.5, 0.6) is 5.75 Å². The van der Waals surface area contributed by atoms with Crippen LogP contribution in [0.4, 0.5) is 0 Å². The molecule has 0 spiro atoms. The second kappa shape index (κ2) is 11.4. The summed E-state index contributed by atoms with van der Waals surface area (Å²) in [5.41, 5.74) is 6.74. The monoisotopic (exact) mass is 508 g/mol. The number of hydrogen-bond acceptors (Lipinski definition) is 2. The number of rotatable bonds is 10. The van der Waals surface area contributed by atoms with E-state index < -0.39 is 5.54 Å². The molecule has 5 aromatic carbocycles. The average molecular weight is 509 g/mol. The summed E-state index contributed by atoms with van der Waals surface area (Å²) >= 11 is 0. The highest BCUT2D eigenvalue weighted by Gasteiger charge is 2.35. The number of ether oxygens (including phenoxy) is 1. The van der Waals surface area contributed by atoms with Crippen LogP contribution in [0, 0.1) is 0 Å². The van der Waals surface area contributed by atoms with E-state index in [4.69, 9.17) is 4.74 Å². The van der Waals surface area contributed by atoms with Crippen LogP contribution in [-0.4, -0.2) is 11.5 Å². The highest BCUT2D eigenvalue weighted by Crippen LogP contribution is 2.37. The van der Waals surface area contributed by atoms with Crippen LogP contribution in [0.3, 0.4) is 0 Å². The van der Waals surface area contributed by atoms with E-state index in [-0.39, 0.29) is 0 Å². The van der Waals surface area contributed by atoms with Crippen LogP contribution in [0.1, 0.15) is 27.8 Å². The lowest BCUT2D eigenvalue weighted by molar-refractivity contribution is 0.306. The second-order valence-corrected chi connectivity index (χ2v) is 9.82. The fourth-order valence-corrected chi connectivity index (χ4v) is 5.45. The Labute approximate surface area is 230 Å². The van der Waals surface area contributed by atoms with Crippen molar-refractivity contribution in [3.8, 4) is 5.75 Å². The topological polar surface area (TPSA) is 37.0 Å². The van der Waals surface area contributed by atoms with E-state index in [0.29, 0.717) is 6.61 Å². The van der Waals surface area contributed by atoms with Gasteiger partial charge in [-0.15, -0.1) is 0 Å². The Hall–Kier alpha value is -4.60. The summed E-state index contributed by atoms with van der Waals surface area (Å²) < 4.78 is 6.13. The molecule has 0 aliphatic rings. The predicted molar refractivity (Wildman–Crippen MR) is 160 cm³/mol. The minimum absolute atomic E-state index is 0.472. The Morgan fingerprint density at radius 1 is 0.615 bits per heavy atom. The van der Waals surface area contributed by atoms with Crippen molar-refractivity contribution in [1.82, 2.24) is 10.3 Å². The quantitative estimate of drug-likeness (QED) is 0.185. The van der Waals surface area contributed by atoms with Crippen LogP contribution >= 0.6 is 0 Å². The molecular weight excluding hydrogens is 476 g/mol. The smallest absolute Gasteiger partial charge is 0.120 e. The molecule has 0 aliphatic carbocycles. The number of aromatic nitrogens is 1. The molecule has 0 saturated heterocycles. The van der Waals surface area contributed by atoms with Gasteiger partial charge in [0.05, 0.1) is 5.54 Å². The average Bonchev–Trinajstić information content (AvgIpc) is 3.42. The Balaban J connectivity index is 1.29. The van der Waals surface area contributed by atoms with Gasteiger partial charge in [-0.1, -0.05) is 121 Å². The third-order valence-corrected chi connectivity index (χ3v) is 7.39. The highest BCUT2D eigenvalue weighted by atomic mass is 16.5. The zero-order valence-corrected chi connectivity index (χ0v) is 21.9. The third-order valence-electron chi connectivity index (χ3n) is 7.39. The van der Waals surface area contributed by atoms with Crippen LogP contribution in [0.15, 0.2) is 146 Å². The van der Waals surface area contributed by atoms with Gasteiger partial charge in [0.1, 0.15) is 12.4 Å². The van der Waals surface area contributed by atoms with E-state index in [9.17, 15) is 0 Å². The highest BCUT2D eigenvalue weighted by molar-refractivity contribution is 5.84. The second-order valence-electron chi connectivity index (χ2n) is 9.82. The number of aromatic amines is 1. The van der Waals surface area contributed by atoms with Crippen molar-refractivity contribution in [2.24, 2.45) is 0 Å². The summed E-state index contributed by atoms with van der Waals surface area (Å²) in [6.45, 7) is 1.35. The van der Waals surface area contributed by atoms with Gasteiger partial charge in [-0.05, 0) is 52.4 Å². The van der Waals surface area contributed by atoms with E-state index >= 15 is 0 Å². The van der Waals surface area contributed by atoms with Crippen molar-refractivity contribution in [2.75, 3.05) is 6.54 Å². The number of nitrogens with one attached hydrogen (secondary N) is 2. The van der Waals surface area contributed by atoms with Gasteiger partial charge in [0.25, 0.3) is 0 Å². The van der Waals surface area contributed by atoms with E-state index in [2.05, 4.69) is 132 Å². The first-order chi connectivity index (χ1) is 19.3. The van der Waals surface area contributed by atoms with Crippen LogP contribution in [-0.2, 0) is 18.6 Å². The predicted octanol–water partition coefficient (Wildman–Crippen LogP) is 7.87. The SMILES string of the molecule is c1ccc(COc2ccc3[nH]cc(CCNC(c4ccccc4)(c4ccccc4)c4ccccc4)c3c2)cc1. The van der Waals surface area contributed by atoms with E-state index in [0.717, 1.165) is 29.8 Å². The standard InChI is InChI=1S/C36H32N2O/c1-5-13-28(14-6-1)27-39-33-21-22-35-34(25-33)29(26-37-35)23-24-38-36(30-15-7-2-8-16-30,31-17-9-3-10-18-31)32-19-11-4-12-20-32/h1-22,25-26,37-38H,23-24,27H2. The lowest BCUT2D eigenvalue weighted by atomic mass is 9.77. The normalized spacial score (nSPS) is 11.5. The zero-order valence-electron chi connectivity index (χ0n) is 21.9. The molecule has 0 bridgehead atoms. The Morgan fingerprint density at radius 2 is 1.15 bits per heavy atom. The van der Waals surface area contributed by atoms with E-state index in [1.54, 1.807) is 0 Å². The maximum atomic E-state index is 6.13. The lowest BCUT2D eigenvalue weighted by Crippen LogP contribution is -2.45.